The average molecular weight is 266 g/mol. The smallest absolute Gasteiger partial charge is 0.237 e. The van der Waals surface area contributed by atoms with E-state index >= 15 is 0 Å². The van der Waals surface area contributed by atoms with Crippen LogP contribution in [-0.2, 0) is 11.3 Å². The summed E-state index contributed by atoms with van der Waals surface area (Å²) in [7, 11) is 0. The molecule has 0 bridgehead atoms. The second kappa shape index (κ2) is 6.81. The summed E-state index contributed by atoms with van der Waals surface area (Å²) in [6.07, 6.45) is 2.04. The van der Waals surface area contributed by atoms with Gasteiger partial charge in [0.2, 0.25) is 5.91 Å². The van der Waals surface area contributed by atoms with Gasteiger partial charge in [-0.15, -0.1) is 11.8 Å². The molecule has 1 rings (SSSR count). The third kappa shape index (κ3) is 4.03. The van der Waals surface area contributed by atoms with Gasteiger partial charge in [-0.2, -0.15) is 0 Å². The number of rotatable bonds is 5. The molecule has 100 valence electrons. The first kappa shape index (κ1) is 15.1. The number of carbonyl (C=O) groups is 1. The van der Waals surface area contributed by atoms with E-state index in [4.69, 9.17) is 5.73 Å². The minimum Gasteiger partial charge on any atom is -0.351 e. The van der Waals surface area contributed by atoms with Gasteiger partial charge in [-0.05, 0) is 36.3 Å². The SMILES string of the molecule is CSc1cc(C)ccc1CNC(=O)[C@@H](N)C(C)C. The highest BCUT2D eigenvalue weighted by Crippen LogP contribution is 2.21. The molecule has 0 aliphatic carbocycles. The third-order valence-corrected chi connectivity index (χ3v) is 3.74. The fraction of sp³-hybridized carbons (Fsp3) is 0.500. The summed E-state index contributed by atoms with van der Waals surface area (Å²) < 4.78 is 0. The van der Waals surface area contributed by atoms with Crippen LogP contribution in [0.4, 0.5) is 0 Å². The van der Waals surface area contributed by atoms with Gasteiger partial charge in [0.25, 0.3) is 0 Å². The van der Waals surface area contributed by atoms with E-state index in [1.807, 2.05) is 20.1 Å². The van der Waals surface area contributed by atoms with Gasteiger partial charge in [0.1, 0.15) is 0 Å². The number of benzene rings is 1. The zero-order valence-electron chi connectivity index (χ0n) is 11.5. The molecule has 1 aromatic rings. The zero-order chi connectivity index (χ0) is 13.7. The third-order valence-electron chi connectivity index (χ3n) is 2.92. The average Bonchev–Trinajstić information content (AvgIpc) is 2.35. The summed E-state index contributed by atoms with van der Waals surface area (Å²) in [5, 5.41) is 2.90. The normalized spacial score (nSPS) is 12.6. The van der Waals surface area contributed by atoms with Gasteiger partial charge in [-0.25, -0.2) is 0 Å². The summed E-state index contributed by atoms with van der Waals surface area (Å²) in [5.41, 5.74) is 8.17. The highest BCUT2D eigenvalue weighted by molar-refractivity contribution is 7.98. The second-order valence-electron chi connectivity index (χ2n) is 4.80. The first-order valence-corrected chi connectivity index (χ1v) is 7.35. The number of nitrogens with one attached hydrogen (secondary N) is 1. The minimum atomic E-state index is -0.437. The maximum atomic E-state index is 11.8. The predicted molar refractivity (Wildman–Crippen MR) is 77.6 cm³/mol. The molecule has 3 N–H and O–H groups in total. The Labute approximate surface area is 114 Å². The quantitative estimate of drug-likeness (QED) is 0.804. The number of thioether (sulfide) groups is 1. The molecule has 0 aliphatic heterocycles. The molecule has 0 spiro atoms. The molecular weight excluding hydrogens is 244 g/mol. The van der Waals surface area contributed by atoms with Gasteiger partial charge in [-0.1, -0.05) is 26.0 Å². The van der Waals surface area contributed by atoms with E-state index in [2.05, 4.69) is 30.4 Å². The summed E-state index contributed by atoms with van der Waals surface area (Å²) in [5.74, 6) is 0.0701. The lowest BCUT2D eigenvalue weighted by Gasteiger charge is -2.16. The van der Waals surface area contributed by atoms with Crippen LogP contribution in [0.5, 0.6) is 0 Å². The van der Waals surface area contributed by atoms with Crippen molar-refractivity contribution in [3.05, 3.63) is 29.3 Å². The van der Waals surface area contributed by atoms with Gasteiger partial charge in [-0.3, -0.25) is 4.79 Å². The monoisotopic (exact) mass is 266 g/mol. The first-order valence-electron chi connectivity index (χ1n) is 6.12. The lowest BCUT2D eigenvalue weighted by Crippen LogP contribution is -2.43. The number of carbonyl (C=O) groups excluding carboxylic acids is 1. The Morgan fingerprint density at radius 3 is 2.67 bits per heavy atom. The molecular formula is C14H22N2OS. The highest BCUT2D eigenvalue weighted by Gasteiger charge is 2.16. The molecule has 0 aromatic heterocycles. The number of nitrogens with two attached hydrogens (primary N) is 1. The van der Waals surface area contributed by atoms with Crippen molar-refractivity contribution in [3.63, 3.8) is 0 Å². The summed E-state index contributed by atoms with van der Waals surface area (Å²) in [6, 6.07) is 5.81. The maximum absolute atomic E-state index is 11.8. The van der Waals surface area contributed by atoms with E-state index in [9.17, 15) is 4.79 Å². The highest BCUT2D eigenvalue weighted by atomic mass is 32.2. The van der Waals surface area contributed by atoms with Crippen LogP contribution in [0.15, 0.2) is 23.1 Å². The van der Waals surface area contributed by atoms with Crippen molar-refractivity contribution in [1.82, 2.24) is 5.32 Å². The van der Waals surface area contributed by atoms with E-state index in [0.717, 1.165) is 5.56 Å². The summed E-state index contributed by atoms with van der Waals surface area (Å²) in [4.78, 5) is 13.0. The van der Waals surface area contributed by atoms with E-state index in [-0.39, 0.29) is 11.8 Å². The Morgan fingerprint density at radius 2 is 2.11 bits per heavy atom. The van der Waals surface area contributed by atoms with Crippen LogP contribution in [0.1, 0.15) is 25.0 Å². The van der Waals surface area contributed by atoms with Crippen molar-refractivity contribution in [3.8, 4) is 0 Å². The Morgan fingerprint density at radius 1 is 1.44 bits per heavy atom. The summed E-state index contributed by atoms with van der Waals surface area (Å²) in [6.45, 7) is 6.50. The molecule has 1 amide bonds. The standard InChI is InChI=1S/C14H22N2OS/c1-9(2)13(15)14(17)16-8-11-6-5-10(3)7-12(11)18-4/h5-7,9,13H,8,15H2,1-4H3,(H,16,17)/t13-/m0/s1. The van der Waals surface area contributed by atoms with Gasteiger partial charge < -0.3 is 11.1 Å². The van der Waals surface area contributed by atoms with Crippen molar-refractivity contribution in [2.24, 2.45) is 11.7 Å². The molecule has 0 unspecified atom stereocenters. The largest absolute Gasteiger partial charge is 0.351 e. The van der Waals surface area contributed by atoms with Gasteiger partial charge in [0.15, 0.2) is 0 Å². The van der Waals surface area contributed by atoms with Gasteiger partial charge in [0, 0.05) is 11.4 Å². The number of aryl methyl sites for hydroxylation is 1. The van der Waals surface area contributed by atoms with Crippen molar-refractivity contribution >= 4 is 17.7 Å². The molecule has 0 fully saturated rings. The number of amides is 1. The van der Waals surface area contributed by atoms with Crippen LogP contribution in [-0.4, -0.2) is 18.2 Å². The van der Waals surface area contributed by atoms with E-state index in [1.54, 1.807) is 11.8 Å². The summed E-state index contributed by atoms with van der Waals surface area (Å²) >= 11 is 1.69. The van der Waals surface area contributed by atoms with Gasteiger partial charge >= 0.3 is 0 Å². The van der Waals surface area contributed by atoms with E-state index in [0.29, 0.717) is 6.54 Å². The molecule has 0 aliphatic rings. The Kier molecular flexibility index (Phi) is 5.69. The van der Waals surface area contributed by atoms with Crippen LogP contribution in [0.25, 0.3) is 0 Å². The topological polar surface area (TPSA) is 55.1 Å². The van der Waals surface area contributed by atoms with Crippen molar-refractivity contribution in [1.29, 1.82) is 0 Å². The van der Waals surface area contributed by atoms with E-state index < -0.39 is 6.04 Å². The molecule has 0 saturated heterocycles. The Bertz CT molecular complexity index is 418. The molecule has 3 nitrogen and oxygen atoms in total. The Hall–Kier alpha value is -1.00. The van der Waals surface area contributed by atoms with Crippen LogP contribution < -0.4 is 11.1 Å². The van der Waals surface area contributed by atoms with Crippen LogP contribution in [0.2, 0.25) is 0 Å². The molecule has 18 heavy (non-hydrogen) atoms. The lowest BCUT2D eigenvalue weighted by atomic mass is 10.0. The second-order valence-corrected chi connectivity index (χ2v) is 5.65. The van der Waals surface area contributed by atoms with Crippen molar-refractivity contribution in [2.75, 3.05) is 6.26 Å². The Balaban J connectivity index is 2.66. The predicted octanol–water partition coefficient (Wildman–Crippen LogP) is 2.32. The first-order chi connectivity index (χ1) is 8.45. The van der Waals surface area contributed by atoms with E-state index in [1.165, 1.54) is 10.5 Å². The molecule has 0 radical (unpaired) electrons. The fourth-order valence-corrected chi connectivity index (χ4v) is 2.31. The lowest BCUT2D eigenvalue weighted by molar-refractivity contribution is -0.123. The van der Waals surface area contributed by atoms with Crippen molar-refractivity contribution in [2.45, 2.75) is 38.3 Å². The molecule has 4 heteroatoms. The molecule has 0 heterocycles. The van der Waals surface area contributed by atoms with Crippen LogP contribution in [0.3, 0.4) is 0 Å². The maximum Gasteiger partial charge on any atom is 0.237 e. The van der Waals surface area contributed by atoms with Crippen molar-refractivity contribution < 1.29 is 4.79 Å². The molecule has 0 saturated carbocycles. The fourth-order valence-electron chi connectivity index (χ4n) is 1.60. The van der Waals surface area contributed by atoms with Crippen LogP contribution in [0, 0.1) is 12.8 Å². The number of hydrogen-bond donors (Lipinski definition) is 2. The molecule has 1 aromatic carbocycles. The molecule has 1 atom stereocenters. The number of hydrogen-bond acceptors (Lipinski definition) is 3. The van der Waals surface area contributed by atoms with Gasteiger partial charge in [0.05, 0.1) is 6.04 Å². The van der Waals surface area contributed by atoms with Crippen LogP contribution >= 0.6 is 11.8 Å². The minimum absolute atomic E-state index is 0.0855. The zero-order valence-corrected chi connectivity index (χ0v) is 12.3.